The molecule has 43 heavy (non-hydrogen) atoms. The van der Waals surface area contributed by atoms with Crippen molar-refractivity contribution in [3.8, 4) is 0 Å². The Balaban J connectivity index is 1.31. The normalized spacial score (nSPS) is 25.1. The number of rotatable bonds is 7. The zero-order valence-electron chi connectivity index (χ0n) is 27.5. The summed E-state index contributed by atoms with van der Waals surface area (Å²) in [7, 11) is 1.20. The van der Waals surface area contributed by atoms with Crippen molar-refractivity contribution in [2.75, 3.05) is 25.6 Å². The molecule has 4 aromatic rings. The molecule has 0 bridgehead atoms. The Bertz CT molecular complexity index is 1960. The lowest BCUT2D eigenvalue weighted by Crippen LogP contribution is -2.33. The maximum absolute atomic E-state index is 13.7. The van der Waals surface area contributed by atoms with Gasteiger partial charge in [-0.05, 0) is 62.5 Å². The van der Waals surface area contributed by atoms with Gasteiger partial charge in [-0.2, -0.15) is 5.10 Å². The third-order valence-electron chi connectivity index (χ3n) is 8.87. The fraction of sp³-hybridized carbons (Fsp3) is 0.517. The Morgan fingerprint density at radius 2 is 1.98 bits per heavy atom. The number of carbonyl (C=O) groups is 2. The maximum atomic E-state index is 13.7. The average molecular weight is 595 g/mol. The molecule has 1 unspecified atom stereocenters. The Morgan fingerprint density at radius 1 is 1.16 bits per heavy atom. The number of aryl methyl sites for hydroxylation is 1. The molecule has 2 atom stereocenters. The van der Waals surface area contributed by atoms with Crippen LogP contribution in [-0.4, -0.2) is 72.4 Å². The lowest BCUT2D eigenvalue weighted by atomic mass is 9.90. The van der Waals surface area contributed by atoms with Crippen molar-refractivity contribution >= 4 is 45.8 Å². The Morgan fingerprint density at radius 3 is 2.70 bits per heavy atom. The van der Waals surface area contributed by atoms with E-state index in [9.17, 15) is 19.5 Å². The predicted molar refractivity (Wildman–Crippen MR) is 156 cm³/mol. The second-order valence-electron chi connectivity index (χ2n) is 11.4. The number of alkyl carbamates (subject to hydrolysis) is 1. The molecule has 0 spiro atoms. The Hall–Kier alpha value is -4.46. The largest absolute Gasteiger partial charge is 0.479 e. The minimum absolute atomic E-state index is 0.0508. The molecule has 5 heterocycles. The van der Waals surface area contributed by atoms with E-state index in [0.29, 0.717) is 48.5 Å². The third kappa shape index (κ3) is 4.60. The molecule has 3 N–H and O–H groups in total. The van der Waals surface area contributed by atoms with E-state index in [1.165, 1.54) is 22.6 Å². The number of methoxy groups -OCH3 is 1. The molecule has 0 radical (unpaired) electrons. The van der Waals surface area contributed by atoms with Crippen molar-refractivity contribution in [2.24, 2.45) is 6.98 Å². The highest BCUT2D eigenvalue weighted by atomic mass is 16.5. The molecule has 14 nitrogen and oxygen atoms in total. The van der Waals surface area contributed by atoms with Crippen molar-refractivity contribution in [1.82, 2.24) is 34.2 Å². The van der Waals surface area contributed by atoms with Crippen molar-refractivity contribution in [3.05, 3.63) is 40.6 Å². The van der Waals surface area contributed by atoms with E-state index in [1.807, 2.05) is 6.07 Å². The summed E-state index contributed by atoms with van der Waals surface area (Å²) in [6.07, 6.45) is 5.25. The Kier molecular flexibility index (Phi) is 5.56. The number of imidazole rings is 1. The topological polar surface area (TPSA) is 167 Å². The van der Waals surface area contributed by atoms with Gasteiger partial charge in [-0.15, -0.1) is 0 Å². The van der Waals surface area contributed by atoms with Crippen LogP contribution in [0.3, 0.4) is 0 Å². The first kappa shape index (κ1) is 23.1. The van der Waals surface area contributed by atoms with Crippen molar-refractivity contribution in [2.45, 2.75) is 68.5 Å². The fourth-order valence-electron chi connectivity index (χ4n) is 6.41. The van der Waals surface area contributed by atoms with E-state index in [-0.39, 0.29) is 35.6 Å². The summed E-state index contributed by atoms with van der Waals surface area (Å²) < 4.78 is 46.7. The van der Waals surface area contributed by atoms with Gasteiger partial charge in [0.2, 0.25) is 0 Å². The highest BCUT2D eigenvalue weighted by Gasteiger charge is 2.54. The first-order valence-electron chi connectivity index (χ1n) is 16.3. The predicted octanol–water partition coefficient (Wildman–Crippen LogP) is 3.14. The SMILES string of the molecule is [2H]C1(NC(=O)OC)CC[C@@H](n2c(=O)n(C([2H])([2H])[2H])c3cnc(Nc4cc(C5CCOCC5)c5cnn(C6(C(=O)O)CC6)c5n4)cc32)C1. The molecule has 2 aliphatic carbocycles. The number of aliphatic carboxylic acids is 1. The van der Waals surface area contributed by atoms with E-state index in [4.69, 9.17) is 15.2 Å². The number of pyridine rings is 2. The molecule has 1 saturated heterocycles. The summed E-state index contributed by atoms with van der Waals surface area (Å²) in [6.45, 7) is -1.61. The van der Waals surface area contributed by atoms with Crippen LogP contribution in [0.5, 0.6) is 0 Å². The van der Waals surface area contributed by atoms with E-state index in [2.05, 4.69) is 25.5 Å². The molecule has 3 fully saturated rings. The lowest BCUT2D eigenvalue weighted by molar-refractivity contribution is -0.142. The number of hydrogen-bond acceptors (Lipinski definition) is 9. The summed E-state index contributed by atoms with van der Waals surface area (Å²) in [5.74, 6) is -0.185. The number of fused-ring (bicyclic) bond motifs is 2. The molecule has 3 aliphatic rings. The zero-order valence-corrected chi connectivity index (χ0v) is 23.5. The number of aromatic nitrogens is 6. The van der Waals surface area contributed by atoms with Gasteiger partial charge in [-0.25, -0.2) is 29.0 Å². The van der Waals surface area contributed by atoms with Gasteiger partial charge in [0.25, 0.3) is 0 Å². The van der Waals surface area contributed by atoms with Crippen LogP contribution in [0.15, 0.2) is 29.3 Å². The molecule has 226 valence electrons. The number of nitrogens with one attached hydrogen (secondary N) is 2. The van der Waals surface area contributed by atoms with Gasteiger partial charge >= 0.3 is 17.8 Å². The molecule has 1 amide bonds. The molecular weight excluding hydrogens is 556 g/mol. The second kappa shape index (κ2) is 10.4. The Labute approximate surface area is 251 Å². The number of carbonyl (C=O) groups excluding carboxylic acids is 1. The minimum Gasteiger partial charge on any atom is -0.479 e. The molecule has 14 heteroatoms. The number of carboxylic acids is 1. The molecule has 1 aliphatic heterocycles. The van der Waals surface area contributed by atoms with Gasteiger partial charge in [0.05, 0.1) is 31.9 Å². The van der Waals surface area contributed by atoms with Crippen LogP contribution >= 0.6 is 0 Å². The molecule has 0 aromatic carbocycles. The number of anilines is 2. The number of amides is 1. The summed E-state index contributed by atoms with van der Waals surface area (Å²) >= 11 is 0. The monoisotopic (exact) mass is 594 g/mol. The van der Waals surface area contributed by atoms with E-state index < -0.39 is 42.3 Å². The summed E-state index contributed by atoms with van der Waals surface area (Å²) in [5.41, 5.74) is -0.169. The lowest BCUT2D eigenvalue weighted by Gasteiger charge is -2.23. The van der Waals surface area contributed by atoms with Gasteiger partial charge in [0.1, 0.15) is 11.6 Å². The minimum atomic E-state index is -2.80. The number of carboxylic acid groups (broad SMARTS) is 1. The molecular formula is C29H34N8O6. The van der Waals surface area contributed by atoms with E-state index in [0.717, 1.165) is 23.8 Å². The first-order valence-corrected chi connectivity index (χ1v) is 14.3. The van der Waals surface area contributed by atoms with E-state index in [1.54, 1.807) is 12.3 Å². The standard InChI is InChI=1S/C29H34N8O6/c1-35-22-15-30-23(13-21(22)36(28(35)41)18-4-3-17(11-18)32-27(40)42-2)33-24-12-19(16-5-9-43-10-6-16)20-14-31-37(25(20)34-24)29(7-8-29)26(38)39/h12-18H,3-11H2,1-2H3,(H,32,40)(H,38,39)(H,30,33,34)/t17?,18-/m1/s1/i1D3,17D. The summed E-state index contributed by atoms with van der Waals surface area (Å²) in [5, 5.41) is 21.0. The smallest absolute Gasteiger partial charge is 0.407 e. The van der Waals surface area contributed by atoms with Crippen LogP contribution < -0.4 is 16.3 Å². The van der Waals surface area contributed by atoms with Gasteiger partial charge in [0, 0.05) is 47.8 Å². The first-order chi connectivity index (χ1) is 22.3. The van der Waals surface area contributed by atoms with Gasteiger partial charge in [-0.3, -0.25) is 9.13 Å². The zero-order chi connectivity index (χ0) is 33.3. The quantitative estimate of drug-likeness (QED) is 0.289. The van der Waals surface area contributed by atoms with Crippen molar-refractivity contribution in [1.29, 1.82) is 0 Å². The molecule has 2 saturated carbocycles. The maximum Gasteiger partial charge on any atom is 0.407 e. The van der Waals surface area contributed by atoms with Crippen LogP contribution in [0.4, 0.5) is 16.4 Å². The summed E-state index contributed by atoms with van der Waals surface area (Å²) in [4.78, 5) is 47.0. The van der Waals surface area contributed by atoms with Gasteiger partial charge < -0.3 is 25.2 Å². The molecule has 7 rings (SSSR count). The van der Waals surface area contributed by atoms with Crippen molar-refractivity contribution < 1.29 is 29.7 Å². The second-order valence-corrected chi connectivity index (χ2v) is 11.4. The van der Waals surface area contributed by atoms with Crippen LogP contribution in [0.25, 0.3) is 22.1 Å². The van der Waals surface area contributed by atoms with Crippen molar-refractivity contribution in [3.63, 3.8) is 0 Å². The highest BCUT2D eigenvalue weighted by Crippen LogP contribution is 2.46. The highest BCUT2D eigenvalue weighted by molar-refractivity contribution is 5.87. The number of nitrogens with zero attached hydrogens (tertiary/aromatic N) is 6. The number of ether oxygens (including phenoxy) is 2. The molecule has 4 aromatic heterocycles. The third-order valence-corrected chi connectivity index (χ3v) is 8.87. The average Bonchev–Trinajstić information content (AvgIpc) is 3.45. The van der Waals surface area contributed by atoms with Gasteiger partial charge in [-0.1, -0.05) is 0 Å². The van der Waals surface area contributed by atoms with Gasteiger partial charge in [0.15, 0.2) is 11.2 Å². The van der Waals surface area contributed by atoms with E-state index >= 15 is 0 Å². The van der Waals surface area contributed by atoms with Crippen LogP contribution in [0, 0.1) is 0 Å². The fourth-order valence-corrected chi connectivity index (χ4v) is 6.41. The number of hydrogen-bond donors (Lipinski definition) is 3. The summed E-state index contributed by atoms with van der Waals surface area (Å²) in [6, 6.07) is 1.46. The van der Waals surface area contributed by atoms with Crippen LogP contribution in [-0.2, 0) is 26.8 Å². The van der Waals surface area contributed by atoms with Crippen LogP contribution in [0.2, 0.25) is 0 Å². The van der Waals surface area contributed by atoms with Crippen LogP contribution in [0.1, 0.15) is 68.0 Å².